The highest BCUT2D eigenvalue weighted by Crippen LogP contribution is 2.50. The van der Waals surface area contributed by atoms with Gasteiger partial charge in [-0.15, -0.1) is 0 Å². The molecule has 48 heavy (non-hydrogen) atoms. The van der Waals surface area contributed by atoms with E-state index in [4.69, 9.17) is 32.6 Å². The molecule has 0 bridgehead atoms. The number of hydrogen-bond acceptors (Lipinski definition) is 10. The van der Waals surface area contributed by atoms with Gasteiger partial charge in [0.2, 0.25) is 0 Å². The molecule has 10 nitrogen and oxygen atoms in total. The van der Waals surface area contributed by atoms with Crippen LogP contribution in [-0.4, -0.2) is 85.6 Å². The molecule has 0 aromatic heterocycles. The van der Waals surface area contributed by atoms with Crippen LogP contribution in [0.3, 0.4) is 0 Å². The maximum absolute atomic E-state index is 11.9. The van der Waals surface area contributed by atoms with E-state index >= 15 is 0 Å². The summed E-state index contributed by atoms with van der Waals surface area (Å²) in [6.45, 7) is 7.98. The van der Waals surface area contributed by atoms with Gasteiger partial charge in [0.25, 0.3) is 10.1 Å². The number of ether oxygens (including phenoxy) is 6. The van der Waals surface area contributed by atoms with Gasteiger partial charge >= 0.3 is 5.97 Å². The summed E-state index contributed by atoms with van der Waals surface area (Å²) in [5.41, 5.74) is 2.44. The molecule has 4 rings (SSSR count). The number of allylic oxidation sites excluding steroid dienone is 3. The van der Waals surface area contributed by atoms with Crippen LogP contribution in [0.25, 0.3) is 0 Å². The maximum Gasteiger partial charge on any atom is 0.331 e. The standard InChI is InChI=1S/C37H60O10S/c1-26(2)11-10-12-27(3)19-31(46-36-13-6-8-17-43-36)15-16-32-33-21-28(20-29(33)22-34(32)47-37-14-7-9-18-44-37)30(24-45-48(5,39)40)23-42-25-35(38)41-4/h11,15-16,20,27,29-34,36-37H,6-10,12-14,17-19,21-25H2,1-5H3/b16-15+/t27?,29-,30?,31+,32+,33-,34+,36?,37?/m0/s1. The first-order valence-electron chi connectivity index (χ1n) is 18.1. The fourth-order valence-corrected chi connectivity index (χ4v) is 7.82. The summed E-state index contributed by atoms with van der Waals surface area (Å²) < 4.78 is 64.7. The highest BCUT2D eigenvalue weighted by Gasteiger charge is 2.47. The molecule has 2 aliphatic carbocycles. The second-order valence-corrected chi connectivity index (χ2v) is 16.0. The van der Waals surface area contributed by atoms with Crippen LogP contribution in [-0.2, 0) is 47.5 Å². The third kappa shape index (κ3) is 13.3. The van der Waals surface area contributed by atoms with Crippen molar-refractivity contribution in [2.75, 3.05) is 46.4 Å². The summed E-state index contributed by atoms with van der Waals surface area (Å²) in [4.78, 5) is 11.7. The van der Waals surface area contributed by atoms with E-state index in [2.05, 4.69) is 45.1 Å². The lowest BCUT2D eigenvalue weighted by molar-refractivity contribution is -0.193. The average Bonchev–Trinajstić information content (AvgIpc) is 3.59. The molecule has 0 aromatic rings. The summed E-state index contributed by atoms with van der Waals surface area (Å²) in [5.74, 6) is 0.356. The second kappa shape index (κ2) is 19.7. The van der Waals surface area contributed by atoms with E-state index in [-0.39, 0.29) is 68.3 Å². The maximum atomic E-state index is 11.9. The predicted octanol–water partition coefficient (Wildman–Crippen LogP) is 6.50. The fraction of sp³-hybridized carbons (Fsp3) is 0.811. The molecule has 0 radical (unpaired) electrons. The van der Waals surface area contributed by atoms with E-state index in [9.17, 15) is 13.2 Å². The molecule has 0 amide bonds. The minimum absolute atomic E-state index is 0.000106. The monoisotopic (exact) mass is 696 g/mol. The first kappa shape index (κ1) is 39.2. The number of carbonyl (C=O) groups excluding carboxylic acids is 1. The van der Waals surface area contributed by atoms with Crippen LogP contribution in [0, 0.1) is 29.6 Å². The Labute approximate surface area is 289 Å². The minimum Gasteiger partial charge on any atom is -0.467 e. The molecule has 4 aliphatic rings. The lowest BCUT2D eigenvalue weighted by Crippen LogP contribution is -2.31. The Kier molecular flexibility index (Phi) is 16.1. The van der Waals surface area contributed by atoms with Gasteiger partial charge < -0.3 is 28.4 Å². The zero-order valence-electron chi connectivity index (χ0n) is 29.8. The van der Waals surface area contributed by atoms with Crippen LogP contribution in [0.5, 0.6) is 0 Å². The molecule has 0 N–H and O–H groups in total. The van der Waals surface area contributed by atoms with Crippen LogP contribution in [0.4, 0.5) is 0 Å². The lowest BCUT2D eigenvalue weighted by Gasteiger charge is -2.31. The largest absolute Gasteiger partial charge is 0.467 e. The molecule has 4 unspecified atom stereocenters. The van der Waals surface area contributed by atoms with Crippen molar-refractivity contribution in [2.24, 2.45) is 29.6 Å². The molecule has 9 atom stereocenters. The molecular weight excluding hydrogens is 636 g/mol. The summed E-state index contributed by atoms with van der Waals surface area (Å²) in [6.07, 6.45) is 20.6. The molecule has 2 aliphatic heterocycles. The average molecular weight is 697 g/mol. The van der Waals surface area contributed by atoms with Crippen molar-refractivity contribution < 1.29 is 45.8 Å². The van der Waals surface area contributed by atoms with Crippen molar-refractivity contribution in [1.29, 1.82) is 0 Å². The van der Waals surface area contributed by atoms with Crippen LogP contribution < -0.4 is 0 Å². The van der Waals surface area contributed by atoms with Gasteiger partial charge in [0, 0.05) is 25.0 Å². The number of fused-ring (bicyclic) bond motifs is 1. The number of esters is 1. The molecular formula is C37H60O10S. The highest BCUT2D eigenvalue weighted by atomic mass is 32.2. The molecule has 1 saturated carbocycles. The number of hydrogen-bond donors (Lipinski definition) is 0. The van der Waals surface area contributed by atoms with Gasteiger partial charge in [0.05, 0.1) is 38.8 Å². The molecule has 3 fully saturated rings. The van der Waals surface area contributed by atoms with E-state index in [1.54, 1.807) is 0 Å². The van der Waals surface area contributed by atoms with Gasteiger partial charge in [-0.2, -0.15) is 8.42 Å². The summed E-state index contributed by atoms with van der Waals surface area (Å²) >= 11 is 0. The van der Waals surface area contributed by atoms with Crippen molar-refractivity contribution >= 4 is 16.1 Å². The van der Waals surface area contributed by atoms with E-state index in [0.717, 1.165) is 95.7 Å². The fourth-order valence-electron chi connectivity index (χ4n) is 7.41. The molecule has 2 heterocycles. The van der Waals surface area contributed by atoms with Crippen LogP contribution in [0.15, 0.2) is 35.5 Å². The van der Waals surface area contributed by atoms with Gasteiger partial charge in [0.1, 0.15) is 6.61 Å². The van der Waals surface area contributed by atoms with Crippen LogP contribution >= 0.6 is 0 Å². The van der Waals surface area contributed by atoms with Crippen molar-refractivity contribution in [3.05, 3.63) is 35.5 Å². The normalized spacial score (nSPS) is 29.6. The zero-order chi connectivity index (χ0) is 34.5. The van der Waals surface area contributed by atoms with E-state index in [1.165, 1.54) is 12.7 Å². The van der Waals surface area contributed by atoms with Crippen LogP contribution in [0.2, 0.25) is 0 Å². The number of carbonyl (C=O) groups is 1. The second-order valence-electron chi connectivity index (χ2n) is 14.4. The topological polar surface area (TPSA) is 116 Å². The predicted molar refractivity (Wildman–Crippen MR) is 183 cm³/mol. The molecule has 11 heteroatoms. The number of methoxy groups -OCH3 is 1. The zero-order valence-corrected chi connectivity index (χ0v) is 30.6. The van der Waals surface area contributed by atoms with Crippen molar-refractivity contribution in [2.45, 2.75) is 116 Å². The lowest BCUT2D eigenvalue weighted by atomic mass is 9.87. The smallest absolute Gasteiger partial charge is 0.331 e. The van der Waals surface area contributed by atoms with Crippen molar-refractivity contribution in [1.82, 2.24) is 0 Å². The Morgan fingerprint density at radius 3 is 2.44 bits per heavy atom. The van der Waals surface area contributed by atoms with Crippen molar-refractivity contribution in [3.8, 4) is 0 Å². The molecule has 2 saturated heterocycles. The van der Waals surface area contributed by atoms with Gasteiger partial charge in [-0.05, 0) is 102 Å². The third-order valence-electron chi connectivity index (χ3n) is 9.98. The Bertz CT molecular complexity index is 1180. The highest BCUT2D eigenvalue weighted by molar-refractivity contribution is 7.85. The summed E-state index contributed by atoms with van der Waals surface area (Å²) in [6, 6.07) is 0. The first-order chi connectivity index (χ1) is 23.0. The molecule has 0 aromatic carbocycles. The van der Waals surface area contributed by atoms with E-state index in [1.807, 2.05) is 0 Å². The summed E-state index contributed by atoms with van der Waals surface area (Å²) in [5, 5.41) is 0. The number of rotatable bonds is 19. The van der Waals surface area contributed by atoms with Gasteiger partial charge in [-0.1, -0.05) is 42.4 Å². The Morgan fingerprint density at radius 1 is 1.06 bits per heavy atom. The van der Waals surface area contributed by atoms with Crippen LogP contribution in [0.1, 0.15) is 91.4 Å². The van der Waals surface area contributed by atoms with Crippen molar-refractivity contribution in [3.63, 3.8) is 0 Å². The third-order valence-corrected chi connectivity index (χ3v) is 10.5. The Morgan fingerprint density at radius 2 is 1.79 bits per heavy atom. The van der Waals surface area contributed by atoms with E-state index in [0.29, 0.717) is 5.92 Å². The van der Waals surface area contributed by atoms with Gasteiger partial charge in [-0.25, -0.2) is 4.79 Å². The SMILES string of the molecule is COC(=O)COCC(COS(C)(=O)=O)C1=C[C@H]2C[C@@H](OC3CCCCO3)[C@H](/C=C/[C@H](CC(C)CCC=C(C)C)OC3CCCCO3)[C@H]2C1. The van der Waals surface area contributed by atoms with E-state index < -0.39 is 16.1 Å². The quantitative estimate of drug-likeness (QED) is 0.0842. The molecule has 274 valence electrons. The summed E-state index contributed by atoms with van der Waals surface area (Å²) in [7, 11) is -2.34. The van der Waals surface area contributed by atoms with Gasteiger partial charge in [-0.3, -0.25) is 4.18 Å². The molecule has 0 spiro atoms. The first-order valence-corrected chi connectivity index (χ1v) is 19.9. The van der Waals surface area contributed by atoms with Gasteiger partial charge in [0.15, 0.2) is 12.6 Å². The Hall–Kier alpha value is -1.60. The Balaban J connectivity index is 1.51. The minimum atomic E-state index is -3.65.